The second kappa shape index (κ2) is 7.93. The Labute approximate surface area is 131 Å². The lowest BCUT2D eigenvalue weighted by Crippen LogP contribution is -2.37. The minimum atomic E-state index is -0.963. The number of aliphatic carboxylic acids is 1. The van der Waals surface area contributed by atoms with E-state index in [2.05, 4.69) is 15.9 Å². The fourth-order valence-electron chi connectivity index (χ4n) is 1.74. The highest BCUT2D eigenvalue weighted by Crippen LogP contribution is 2.17. The summed E-state index contributed by atoms with van der Waals surface area (Å²) < 4.78 is 14.3. The van der Waals surface area contributed by atoms with E-state index in [4.69, 9.17) is 5.11 Å². The van der Waals surface area contributed by atoms with Gasteiger partial charge in [-0.15, -0.1) is 0 Å². The molecule has 4 nitrogen and oxygen atoms in total. The van der Waals surface area contributed by atoms with Crippen molar-refractivity contribution in [2.45, 2.75) is 26.3 Å². The van der Waals surface area contributed by atoms with E-state index in [1.807, 2.05) is 0 Å². The minimum absolute atomic E-state index is 0.122. The smallest absolute Gasteiger partial charge is 0.305 e. The third kappa shape index (κ3) is 5.67. The predicted molar refractivity (Wildman–Crippen MR) is 82.2 cm³/mol. The molecule has 1 rings (SSSR count). The van der Waals surface area contributed by atoms with Gasteiger partial charge in [0, 0.05) is 28.7 Å². The molecule has 0 unspecified atom stereocenters. The summed E-state index contributed by atoms with van der Waals surface area (Å²) in [6.45, 7) is 3.72. The van der Waals surface area contributed by atoms with Crippen molar-refractivity contribution in [2.24, 2.45) is 0 Å². The van der Waals surface area contributed by atoms with E-state index in [1.54, 1.807) is 26.0 Å². The highest BCUT2D eigenvalue weighted by molar-refractivity contribution is 9.10. The number of carboxylic acids is 1. The van der Waals surface area contributed by atoms with Crippen LogP contribution in [-0.2, 0) is 9.59 Å². The number of benzene rings is 1. The summed E-state index contributed by atoms with van der Waals surface area (Å²) in [5.74, 6) is -1.73. The summed E-state index contributed by atoms with van der Waals surface area (Å²) >= 11 is 3.24. The molecule has 0 radical (unpaired) electrons. The van der Waals surface area contributed by atoms with E-state index >= 15 is 0 Å². The molecule has 0 aliphatic heterocycles. The highest BCUT2D eigenvalue weighted by Gasteiger charge is 2.15. The topological polar surface area (TPSA) is 57.6 Å². The van der Waals surface area contributed by atoms with Gasteiger partial charge >= 0.3 is 5.97 Å². The van der Waals surface area contributed by atoms with Crippen LogP contribution in [0.15, 0.2) is 28.7 Å². The molecular formula is C15H17BrFNO3. The Morgan fingerprint density at radius 2 is 2.10 bits per heavy atom. The number of hydrogen-bond donors (Lipinski definition) is 1. The fourth-order valence-corrected chi connectivity index (χ4v) is 2.12. The Balaban J connectivity index is 2.83. The van der Waals surface area contributed by atoms with Gasteiger partial charge in [0.15, 0.2) is 0 Å². The maximum atomic E-state index is 13.6. The number of carboxylic acid groups (broad SMARTS) is 1. The number of nitrogens with zero attached hydrogens (tertiary/aromatic N) is 1. The Morgan fingerprint density at radius 1 is 1.43 bits per heavy atom. The Morgan fingerprint density at radius 3 is 2.67 bits per heavy atom. The van der Waals surface area contributed by atoms with Crippen LogP contribution in [0.1, 0.15) is 25.8 Å². The van der Waals surface area contributed by atoms with Crippen LogP contribution in [0.25, 0.3) is 6.08 Å². The first-order chi connectivity index (χ1) is 9.81. The molecule has 114 valence electrons. The van der Waals surface area contributed by atoms with Gasteiger partial charge in [-0.3, -0.25) is 9.59 Å². The number of hydrogen-bond acceptors (Lipinski definition) is 2. The molecule has 0 heterocycles. The van der Waals surface area contributed by atoms with Gasteiger partial charge in [0.25, 0.3) is 0 Å². The first-order valence-corrected chi connectivity index (χ1v) is 7.26. The van der Waals surface area contributed by atoms with Crippen LogP contribution in [0.3, 0.4) is 0 Å². The van der Waals surface area contributed by atoms with Crippen LogP contribution in [0.4, 0.5) is 4.39 Å². The zero-order valence-corrected chi connectivity index (χ0v) is 13.4. The largest absolute Gasteiger partial charge is 0.481 e. The highest BCUT2D eigenvalue weighted by atomic mass is 79.9. The molecule has 0 aliphatic rings. The van der Waals surface area contributed by atoms with Crippen LogP contribution >= 0.6 is 15.9 Å². The van der Waals surface area contributed by atoms with Crippen LogP contribution in [0.2, 0.25) is 0 Å². The molecule has 0 aliphatic carbocycles. The lowest BCUT2D eigenvalue weighted by molar-refractivity contribution is -0.138. The van der Waals surface area contributed by atoms with Crippen LogP contribution in [0, 0.1) is 5.82 Å². The Kier molecular flexibility index (Phi) is 6.55. The number of rotatable bonds is 6. The standard InChI is InChI=1S/C15H17BrFNO3/c1-10(2)18(8-7-15(20)21)14(19)6-3-11-9-12(16)4-5-13(11)17/h3-6,9-10H,7-8H2,1-2H3,(H,20,21)/b6-3+. The molecule has 0 fully saturated rings. The molecule has 0 saturated carbocycles. The van der Waals surface area contributed by atoms with Gasteiger partial charge in [-0.2, -0.15) is 0 Å². The zero-order chi connectivity index (χ0) is 16.0. The van der Waals surface area contributed by atoms with Crippen LogP contribution < -0.4 is 0 Å². The molecule has 1 aromatic carbocycles. The van der Waals surface area contributed by atoms with Crippen molar-refractivity contribution in [2.75, 3.05) is 6.54 Å². The van der Waals surface area contributed by atoms with Gasteiger partial charge in [-0.25, -0.2) is 4.39 Å². The predicted octanol–water partition coefficient (Wildman–Crippen LogP) is 3.31. The van der Waals surface area contributed by atoms with E-state index in [1.165, 1.54) is 23.1 Å². The van der Waals surface area contributed by atoms with E-state index in [9.17, 15) is 14.0 Å². The zero-order valence-electron chi connectivity index (χ0n) is 11.8. The number of carbonyl (C=O) groups excluding carboxylic acids is 1. The van der Waals surface area contributed by atoms with Crippen molar-refractivity contribution in [1.29, 1.82) is 0 Å². The summed E-state index contributed by atoms with van der Waals surface area (Å²) in [4.78, 5) is 24.1. The molecule has 21 heavy (non-hydrogen) atoms. The molecule has 1 N–H and O–H groups in total. The molecule has 0 spiro atoms. The van der Waals surface area contributed by atoms with Crippen molar-refractivity contribution in [3.8, 4) is 0 Å². The summed E-state index contributed by atoms with van der Waals surface area (Å²) in [5, 5.41) is 8.69. The summed E-state index contributed by atoms with van der Waals surface area (Å²) in [7, 11) is 0. The average Bonchev–Trinajstić information content (AvgIpc) is 2.39. The molecule has 6 heteroatoms. The lowest BCUT2D eigenvalue weighted by Gasteiger charge is -2.24. The van der Waals surface area contributed by atoms with Crippen molar-refractivity contribution in [3.05, 3.63) is 40.1 Å². The molecule has 0 bridgehead atoms. The molecule has 0 atom stereocenters. The third-order valence-corrected chi connectivity index (χ3v) is 3.33. The number of carbonyl (C=O) groups is 2. The van der Waals surface area contributed by atoms with Gasteiger partial charge in [0.2, 0.25) is 5.91 Å². The van der Waals surface area contributed by atoms with Crippen molar-refractivity contribution >= 4 is 33.9 Å². The number of halogens is 2. The second-order valence-corrected chi connectivity index (χ2v) is 5.68. The summed E-state index contributed by atoms with van der Waals surface area (Å²) in [6, 6.07) is 4.31. The van der Waals surface area contributed by atoms with Gasteiger partial charge in [0.05, 0.1) is 6.42 Å². The third-order valence-electron chi connectivity index (χ3n) is 2.84. The first-order valence-electron chi connectivity index (χ1n) is 6.46. The summed E-state index contributed by atoms with van der Waals surface area (Å²) in [6.07, 6.45) is 2.52. The fraction of sp³-hybridized carbons (Fsp3) is 0.333. The van der Waals surface area contributed by atoms with E-state index in [0.29, 0.717) is 10.0 Å². The second-order valence-electron chi connectivity index (χ2n) is 4.77. The van der Waals surface area contributed by atoms with Gasteiger partial charge < -0.3 is 10.0 Å². The number of amides is 1. The maximum absolute atomic E-state index is 13.6. The van der Waals surface area contributed by atoms with E-state index < -0.39 is 11.8 Å². The van der Waals surface area contributed by atoms with Crippen molar-refractivity contribution in [3.63, 3.8) is 0 Å². The maximum Gasteiger partial charge on any atom is 0.305 e. The van der Waals surface area contributed by atoms with Crippen LogP contribution in [-0.4, -0.2) is 34.5 Å². The van der Waals surface area contributed by atoms with E-state index in [-0.39, 0.29) is 24.9 Å². The first kappa shape index (κ1) is 17.4. The van der Waals surface area contributed by atoms with Gasteiger partial charge in [-0.1, -0.05) is 15.9 Å². The molecule has 1 aromatic rings. The molecule has 1 amide bonds. The SMILES string of the molecule is CC(C)N(CCC(=O)O)C(=O)/C=C/c1cc(Br)ccc1F. The molecular weight excluding hydrogens is 341 g/mol. The van der Waals surface area contributed by atoms with E-state index in [0.717, 1.165) is 0 Å². The van der Waals surface area contributed by atoms with Crippen molar-refractivity contribution < 1.29 is 19.1 Å². The monoisotopic (exact) mass is 357 g/mol. The molecule has 0 saturated heterocycles. The lowest BCUT2D eigenvalue weighted by atomic mass is 10.2. The van der Waals surface area contributed by atoms with Gasteiger partial charge in [-0.05, 0) is 38.1 Å². The molecule has 0 aromatic heterocycles. The minimum Gasteiger partial charge on any atom is -0.481 e. The Bertz CT molecular complexity index is 558. The van der Waals surface area contributed by atoms with Crippen molar-refractivity contribution in [1.82, 2.24) is 4.90 Å². The summed E-state index contributed by atoms with van der Waals surface area (Å²) in [5.41, 5.74) is 0.291. The Hall–Kier alpha value is -1.69. The van der Waals surface area contributed by atoms with Crippen LogP contribution in [0.5, 0.6) is 0 Å². The van der Waals surface area contributed by atoms with Gasteiger partial charge in [0.1, 0.15) is 5.82 Å². The normalized spacial score (nSPS) is 11.1. The average molecular weight is 358 g/mol. The quantitative estimate of drug-likeness (QED) is 0.794.